The molecular formula is C7H15LiO. The molecule has 0 aromatic carbocycles. The second-order valence-electron chi connectivity index (χ2n) is 2.02. The van der Waals surface area contributed by atoms with Gasteiger partial charge in [-0.2, -0.15) is 0 Å². The molecule has 0 amide bonds. The van der Waals surface area contributed by atoms with E-state index in [9.17, 15) is 4.79 Å². The maximum atomic E-state index is 9.77. The van der Waals surface area contributed by atoms with E-state index in [0.29, 0.717) is 0 Å². The Morgan fingerprint density at radius 3 is 2.33 bits per heavy atom. The van der Waals surface area contributed by atoms with Crippen LogP contribution in [0.3, 0.4) is 0 Å². The van der Waals surface area contributed by atoms with Crippen molar-refractivity contribution in [3.63, 3.8) is 0 Å². The van der Waals surface area contributed by atoms with Crippen LogP contribution in [0.1, 0.15) is 39.0 Å². The number of aldehydes is 1. The second-order valence-corrected chi connectivity index (χ2v) is 2.02. The van der Waals surface area contributed by atoms with Crippen LogP contribution in [0.5, 0.6) is 0 Å². The quantitative estimate of drug-likeness (QED) is 0.307. The molecule has 0 atom stereocenters. The Morgan fingerprint density at radius 2 is 1.89 bits per heavy atom. The van der Waals surface area contributed by atoms with E-state index >= 15 is 0 Å². The maximum absolute atomic E-state index is 9.77. The van der Waals surface area contributed by atoms with Gasteiger partial charge in [0.25, 0.3) is 0 Å². The summed E-state index contributed by atoms with van der Waals surface area (Å²) in [6.07, 6.45) is 6.56. The summed E-state index contributed by atoms with van der Waals surface area (Å²) in [6, 6.07) is 0. The molecule has 0 bridgehead atoms. The molecule has 9 heavy (non-hydrogen) atoms. The zero-order valence-electron chi connectivity index (χ0n) is 5.52. The molecule has 0 unspecified atom stereocenters. The van der Waals surface area contributed by atoms with Gasteiger partial charge in [0, 0.05) is 6.42 Å². The first-order valence-electron chi connectivity index (χ1n) is 3.35. The Hall–Kier alpha value is 0.267. The average molecular weight is 122 g/mol. The Labute approximate surface area is 69.4 Å². The van der Waals surface area contributed by atoms with E-state index < -0.39 is 0 Å². The minimum absolute atomic E-state index is 0. The molecule has 50 valence electrons. The summed E-state index contributed by atoms with van der Waals surface area (Å²) in [7, 11) is 0. The van der Waals surface area contributed by atoms with E-state index in [1.54, 1.807) is 0 Å². The fourth-order valence-corrected chi connectivity index (χ4v) is 0.654. The molecule has 0 aromatic heterocycles. The average Bonchev–Trinajstić information content (AvgIpc) is 1.81. The number of carbonyl (C=O) groups is 1. The topological polar surface area (TPSA) is 17.1 Å². The third-order valence-corrected chi connectivity index (χ3v) is 1.18. The van der Waals surface area contributed by atoms with E-state index in [1.165, 1.54) is 19.3 Å². The van der Waals surface area contributed by atoms with Gasteiger partial charge in [0.15, 0.2) is 0 Å². The van der Waals surface area contributed by atoms with Crippen LogP contribution in [0.2, 0.25) is 0 Å². The molecule has 0 spiro atoms. The number of hydrogen-bond acceptors (Lipinski definition) is 1. The standard InChI is InChI=1S/C7H14O.Li.H/c1-2-3-4-5-6-7-8;;/h7H,2-6H2,1H3;;. The summed E-state index contributed by atoms with van der Waals surface area (Å²) < 4.78 is 0. The molecule has 0 saturated heterocycles. The summed E-state index contributed by atoms with van der Waals surface area (Å²) in [5, 5.41) is 0. The summed E-state index contributed by atoms with van der Waals surface area (Å²) in [6.45, 7) is 2.17. The van der Waals surface area contributed by atoms with Gasteiger partial charge in [-0.1, -0.05) is 26.2 Å². The summed E-state index contributed by atoms with van der Waals surface area (Å²) >= 11 is 0. The molecule has 0 aliphatic heterocycles. The number of unbranched alkanes of at least 4 members (excludes halogenated alkanes) is 4. The van der Waals surface area contributed by atoms with Crippen molar-refractivity contribution >= 4 is 25.1 Å². The Balaban J connectivity index is 0. The van der Waals surface area contributed by atoms with Crippen LogP contribution >= 0.6 is 0 Å². The molecule has 0 radical (unpaired) electrons. The van der Waals surface area contributed by atoms with Crippen LogP contribution in [0.25, 0.3) is 0 Å². The van der Waals surface area contributed by atoms with Gasteiger partial charge >= 0.3 is 18.9 Å². The summed E-state index contributed by atoms with van der Waals surface area (Å²) in [5.41, 5.74) is 0. The zero-order chi connectivity index (χ0) is 6.24. The first-order valence-corrected chi connectivity index (χ1v) is 3.35. The number of rotatable bonds is 5. The summed E-state index contributed by atoms with van der Waals surface area (Å²) in [4.78, 5) is 9.77. The molecule has 0 aromatic rings. The molecule has 0 aliphatic carbocycles. The Morgan fingerprint density at radius 1 is 1.22 bits per heavy atom. The third kappa shape index (κ3) is 11.7. The van der Waals surface area contributed by atoms with Gasteiger partial charge in [-0.15, -0.1) is 0 Å². The van der Waals surface area contributed by atoms with Crippen molar-refractivity contribution in [3.8, 4) is 0 Å². The zero-order valence-corrected chi connectivity index (χ0v) is 5.52. The number of carbonyl (C=O) groups excluding carboxylic acids is 1. The molecule has 1 nitrogen and oxygen atoms in total. The molecule has 0 saturated carbocycles. The number of hydrogen-bond donors (Lipinski definition) is 0. The van der Waals surface area contributed by atoms with Crippen molar-refractivity contribution in [2.45, 2.75) is 39.0 Å². The van der Waals surface area contributed by atoms with E-state index in [-0.39, 0.29) is 18.9 Å². The fourth-order valence-electron chi connectivity index (χ4n) is 0.654. The van der Waals surface area contributed by atoms with Gasteiger partial charge in [-0.3, -0.25) is 0 Å². The van der Waals surface area contributed by atoms with E-state index in [2.05, 4.69) is 6.92 Å². The van der Waals surface area contributed by atoms with Gasteiger partial charge in [-0.25, -0.2) is 0 Å². The van der Waals surface area contributed by atoms with Gasteiger partial charge in [0.1, 0.15) is 6.29 Å². The van der Waals surface area contributed by atoms with Crippen LogP contribution in [-0.2, 0) is 4.79 Å². The monoisotopic (exact) mass is 122 g/mol. The fraction of sp³-hybridized carbons (Fsp3) is 0.857. The molecule has 0 heterocycles. The predicted molar refractivity (Wildman–Crippen MR) is 42.0 cm³/mol. The Kier molecular flexibility index (Phi) is 14.8. The predicted octanol–water partition coefficient (Wildman–Crippen LogP) is 1.51. The SMILES string of the molecule is CCCCCCC=O.[LiH]. The van der Waals surface area contributed by atoms with Crippen molar-refractivity contribution in [1.29, 1.82) is 0 Å². The second kappa shape index (κ2) is 11.1. The van der Waals surface area contributed by atoms with Crippen LogP contribution < -0.4 is 0 Å². The molecule has 2 heteroatoms. The van der Waals surface area contributed by atoms with Crippen molar-refractivity contribution in [2.24, 2.45) is 0 Å². The van der Waals surface area contributed by atoms with Gasteiger partial charge in [0.05, 0.1) is 0 Å². The van der Waals surface area contributed by atoms with Gasteiger partial charge in [0.2, 0.25) is 0 Å². The molecule has 0 rings (SSSR count). The van der Waals surface area contributed by atoms with Crippen molar-refractivity contribution in [2.75, 3.05) is 0 Å². The molecule has 0 aliphatic rings. The van der Waals surface area contributed by atoms with E-state index in [1.807, 2.05) is 0 Å². The van der Waals surface area contributed by atoms with Crippen LogP contribution in [0.4, 0.5) is 0 Å². The van der Waals surface area contributed by atoms with Crippen molar-refractivity contribution < 1.29 is 4.79 Å². The third-order valence-electron chi connectivity index (χ3n) is 1.18. The van der Waals surface area contributed by atoms with Gasteiger partial charge < -0.3 is 4.79 Å². The molecule has 0 N–H and O–H groups in total. The van der Waals surface area contributed by atoms with Crippen LogP contribution in [-0.4, -0.2) is 25.1 Å². The Bertz CT molecular complexity index is 54.9. The van der Waals surface area contributed by atoms with Crippen LogP contribution in [0.15, 0.2) is 0 Å². The van der Waals surface area contributed by atoms with Gasteiger partial charge in [-0.05, 0) is 6.42 Å². The molecular weight excluding hydrogens is 107 g/mol. The minimum atomic E-state index is 0. The normalized spacial score (nSPS) is 8.11. The van der Waals surface area contributed by atoms with Crippen LogP contribution in [0, 0.1) is 0 Å². The molecule has 0 fully saturated rings. The summed E-state index contributed by atoms with van der Waals surface area (Å²) in [5.74, 6) is 0. The van der Waals surface area contributed by atoms with E-state index in [4.69, 9.17) is 0 Å². The first kappa shape index (κ1) is 12.0. The van der Waals surface area contributed by atoms with E-state index in [0.717, 1.165) is 19.1 Å². The van der Waals surface area contributed by atoms with Crippen molar-refractivity contribution in [3.05, 3.63) is 0 Å². The van der Waals surface area contributed by atoms with Crippen molar-refractivity contribution in [1.82, 2.24) is 0 Å². The first-order chi connectivity index (χ1) is 3.91.